The third kappa shape index (κ3) is 3.92. The predicted octanol–water partition coefficient (Wildman–Crippen LogP) is 3.54. The first-order valence-corrected chi connectivity index (χ1v) is 9.94. The molecule has 0 radical (unpaired) electrons. The maximum absolute atomic E-state index is 13.2. The van der Waals surface area contributed by atoms with Crippen LogP contribution in [0.5, 0.6) is 0 Å². The van der Waals surface area contributed by atoms with Gasteiger partial charge in [0, 0.05) is 35.1 Å². The number of rotatable bonds is 5. The zero-order valence-electron chi connectivity index (χ0n) is 15.9. The highest BCUT2D eigenvalue weighted by molar-refractivity contribution is 6.35. The average Bonchev–Trinajstić information content (AvgIpc) is 3.12. The molecule has 2 aromatic carbocycles. The van der Waals surface area contributed by atoms with Crippen LogP contribution in [-0.4, -0.2) is 21.4 Å². The number of fused-ring (bicyclic) bond motifs is 1. The van der Waals surface area contributed by atoms with Crippen LogP contribution in [0.25, 0.3) is 0 Å². The van der Waals surface area contributed by atoms with E-state index in [0.29, 0.717) is 32.6 Å². The lowest BCUT2D eigenvalue weighted by Crippen LogP contribution is -2.44. The first-order chi connectivity index (χ1) is 14.5. The molecule has 7 nitrogen and oxygen atoms in total. The molecule has 0 fully saturated rings. The van der Waals surface area contributed by atoms with Crippen molar-refractivity contribution in [1.82, 2.24) is 20.3 Å². The lowest BCUT2D eigenvalue weighted by atomic mass is 9.80. The first kappa shape index (κ1) is 20.4. The van der Waals surface area contributed by atoms with Crippen molar-refractivity contribution in [1.29, 1.82) is 0 Å². The molecular formula is C21H18Cl2N4O3. The van der Waals surface area contributed by atoms with Crippen LogP contribution in [0, 0.1) is 0 Å². The van der Waals surface area contributed by atoms with E-state index in [4.69, 9.17) is 28.0 Å². The third-order valence-corrected chi connectivity index (χ3v) is 5.60. The number of nitrogens with one attached hydrogen (secondary N) is 2. The Morgan fingerprint density at radius 2 is 2.03 bits per heavy atom. The van der Waals surface area contributed by atoms with Crippen LogP contribution >= 0.6 is 23.2 Å². The molecule has 30 heavy (non-hydrogen) atoms. The van der Waals surface area contributed by atoms with E-state index >= 15 is 0 Å². The molecule has 0 saturated heterocycles. The monoisotopic (exact) mass is 444 g/mol. The summed E-state index contributed by atoms with van der Waals surface area (Å²) >= 11 is 12.4. The van der Waals surface area contributed by atoms with Crippen molar-refractivity contribution in [3.63, 3.8) is 0 Å². The number of hydrogen-bond acceptors (Lipinski definition) is 4. The second-order valence-corrected chi connectivity index (χ2v) is 7.73. The summed E-state index contributed by atoms with van der Waals surface area (Å²) < 4.78 is 1.79. The van der Waals surface area contributed by atoms with Crippen molar-refractivity contribution in [3.05, 3.63) is 87.4 Å². The fraction of sp³-hybridized carbons (Fsp3) is 0.190. The van der Waals surface area contributed by atoms with E-state index in [0.717, 1.165) is 0 Å². The Kier molecular flexibility index (Phi) is 5.76. The maximum Gasteiger partial charge on any atom is 0.253 e. The molecule has 3 aromatic rings. The van der Waals surface area contributed by atoms with Gasteiger partial charge < -0.3 is 9.88 Å². The van der Waals surface area contributed by atoms with Gasteiger partial charge in [0.1, 0.15) is 12.4 Å². The number of imidazole rings is 1. The van der Waals surface area contributed by atoms with Crippen LogP contribution in [0.4, 0.5) is 0 Å². The molecule has 2 heterocycles. The van der Waals surface area contributed by atoms with Gasteiger partial charge in [-0.25, -0.2) is 10.5 Å². The van der Waals surface area contributed by atoms with Gasteiger partial charge in [-0.2, -0.15) is 0 Å². The standard InChI is InChI=1S/C21H18Cl2N4O3/c1-27-9-8-24-17(27)11-30-26-21(29)18-13-4-2-3-5-14(13)20(28)25-19(18)15-7-6-12(22)10-16(15)23/h2-10,18-19H,11H2,1H3,(H,25,28)(H,26,29)/t18-,19+/m1/s1. The minimum atomic E-state index is -0.751. The number of nitrogens with zero attached hydrogens (tertiary/aromatic N) is 2. The molecule has 154 valence electrons. The highest BCUT2D eigenvalue weighted by atomic mass is 35.5. The average molecular weight is 445 g/mol. The topological polar surface area (TPSA) is 85.2 Å². The number of carbonyl (C=O) groups excluding carboxylic acids is 2. The van der Waals surface area contributed by atoms with Gasteiger partial charge in [-0.3, -0.25) is 14.4 Å². The van der Waals surface area contributed by atoms with E-state index in [1.807, 2.05) is 7.05 Å². The van der Waals surface area contributed by atoms with Gasteiger partial charge in [0.05, 0.1) is 12.0 Å². The van der Waals surface area contributed by atoms with Crippen molar-refractivity contribution in [2.45, 2.75) is 18.6 Å². The number of aryl methyl sites for hydroxylation is 1. The lowest BCUT2D eigenvalue weighted by molar-refractivity contribution is -0.137. The maximum atomic E-state index is 13.2. The summed E-state index contributed by atoms with van der Waals surface area (Å²) in [5.74, 6) is -0.781. The van der Waals surface area contributed by atoms with Crippen molar-refractivity contribution in [3.8, 4) is 0 Å². The van der Waals surface area contributed by atoms with Crippen molar-refractivity contribution in [2.75, 3.05) is 0 Å². The molecule has 0 unspecified atom stereocenters. The molecule has 1 aliphatic rings. The van der Waals surface area contributed by atoms with Gasteiger partial charge in [-0.15, -0.1) is 0 Å². The van der Waals surface area contributed by atoms with Crippen molar-refractivity contribution < 1.29 is 14.4 Å². The summed E-state index contributed by atoms with van der Waals surface area (Å²) in [5.41, 5.74) is 4.11. The minimum Gasteiger partial charge on any atom is -0.344 e. The quantitative estimate of drug-likeness (QED) is 0.589. The third-order valence-electron chi connectivity index (χ3n) is 5.04. The second-order valence-electron chi connectivity index (χ2n) is 6.89. The summed E-state index contributed by atoms with van der Waals surface area (Å²) in [6.45, 7) is 0.0995. The van der Waals surface area contributed by atoms with E-state index in [2.05, 4.69) is 15.8 Å². The Balaban J connectivity index is 1.64. The van der Waals surface area contributed by atoms with Crippen LogP contribution < -0.4 is 10.8 Å². The number of benzene rings is 2. The molecular weight excluding hydrogens is 427 g/mol. The zero-order chi connectivity index (χ0) is 21.3. The number of hydroxylamine groups is 1. The molecule has 2 amide bonds. The summed E-state index contributed by atoms with van der Waals surface area (Å²) in [6, 6.07) is 11.2. The second kappa shape index (κ2) is 8.47. The van der Waals surface area contributed by atoms with E-state index in [1.165, 1.54) is 0 Å². The summed E-state index contributed by atoms with van der Waals surface area (Å²) in [6.07, 6.45) is 3.43. The summed E-state index contributed by atoms with van der Waals surface area (Å²) in [5, 5.41) is 3.72. The fourth-order valence-electron chi connectivity index (χ4n) is 3.53. The highest BCUT2D eigenvalue weighted by Gasteiger charge is 2.40. The highest BCUT2D eigenvalue weighted by Crippen LogP contribution is 2.40. The van der Waals surface area contributed by atoms with Gasteiger partial charge in [0.2, 0.25) is 0 Å². The predicted molar refractivity (Wildman–Crippen MR) is 112 cm³/mol. The number of halogens is 2. The molecule has 0 saturated carbocycles. The molecule has 0 bridgehead atoms. The number of amides is 2. The Bertz CT molecular complexity index is 1120. The lowest BCUT2D eigenvalue weighted by Gasteiger charge is -2.33. The van der Waals surface area contributed by atoms with Gasteiger partial charge in [-0.1, -0.05) is 47.5 Å². The molecule has 0 aliphatic carbocycles. The van der Waals surface area contributed by atoms with E-state index in [9.17, 15) is 9.59 Å². The van der Waals surface area contributed by atoms with Crippen LogP contribution in [0.1, 0.15) is 39.3 Å². The Labute approximate surface area is 182 Å². The first-order valence-electron chi connectivity index (χ1n) is 9.18. The molecule has 9 heteroatoms. The summed E-state index contributed by atoms with van der Waals surface area (Å²) in [7, 11) is 1.83. The number of carbonyl (C=O) groups is 2. The molecule has 4 rings (SSSR count). The van der Waals surface area contributed by atoms with Gasteiger partial charge in [-0.05, 0) is 29.3 Å². The van der Waals surface area contributed by atoms with E-state index in [-0.39, 0.29) is 12.5 Å². The normalized spacial score (nSPS) is 17.9. The van der Waals surface area contributed by atoms with Crippen molar-refractivity contribution >= 4 is 35.0 Å². The molecule has 0 spiro atoms. The van der Waals surface area contributed by atoms with Gasteiger partial charge in [0.25, 0.3) is 11.8 Å². The molecule has 1 aliphatic heterocycles. The minimum absolute atomic E-state index is 0.0995. The zero-order valence-corrected chi connectivity index (χ0v) is 17.4. The largest absolute Gasteiger partial charge is 0.344 e. The Morgan fingerprint density at radius 1 is 1.23 bits per heavy atom. The number of aromatic nitrogens is 2. The molecule has 1 aromatic heterocycles. The smallest absolute Gasteiger partial charge is 0.253 e. The van der Waals surface area contributed by atoms with E-state index in [1.54, 1.807) is 59.4 Å². The number of hydrogen-bond donors (Lipinski definition) is 2. The SMILES string of the molecule is Cn1ccnc1CONC(=O)[C@@H]1c2ccccc2C(=O)N[C@H]1c1ccc(Cl)cc1Cl. The van der Waals surface area contributed by atoms with Crippen LogP contribution in [-0.2, 0) is 23.3 Å². The Morgan fingerprint density at radius 3 is 2.77 bits per heavy atom. The van der Waals surface area contributed by atoms with Crippen LogP contribution in [0.2, 0.25) is 10.0 Å². The van der Waals surface area contributed by atoms with Gasteiger partial charge >= 0.3 is 0 Å². The van der Waals surface area contributed by atoms with Gasteiger partial charge in [0.15, 0.2) is 0 Å². The van der Waals surface area contributed by atoms with Crippen LogP contribution in [0.3, 0.4) is 0 Å². The van der Waals surface area contributed by atoms with E-state index < -0.39 is 17.9 Å². The fourth-order valence-corrected chi connectivity index (χ4v) is 4.06. The molecule has 2 N–H and O–H groups in total. The van der Waals surface area contributed by atoms with Crippen molar-refractivity contribution in [2.24, 2.45) is 7.05 Å². The summed E-state index contributed by atoms with van der Waals surface area (Å²) in [4.78, 5) is 35.4. The van der Waals surface area contributed by atoms with Crippen LogP contribution in [0.15, 0.2) is 54.9 Å². The Hall–Kier alpha value is -2.87. The molecule has 2 atom stereocenters.